The number of anilines is 1. The molecule has 1 rings (SSSR count). The molecule has 5 heteroatoms. The quantitative estimate of drug-likeness (QED) is 0.736. The summed E-state index contributed by atoms with van der Waals surface area (Å²) in [5.74, 6) is -3.10. The van der Waals surface area contributed by atoms with Crippen LogP contribution in [0.1, 0.15) is 49.9 Å². The first-order valence-electron chi connectivity index (χ1n) is 6.44. The second-order valence-corrected chi connectivity index (χ2v) is 4.66. The van der Waals surface area contributed by atoms with Crippen LogP contribution < -0.4 is 5.32 Å². The zero-order chi connectivity index (χ0) is 14.4. The Morgan fingerprint density at radius 1 is 1.32 bits per heavy atom. The van der Waals surface area contributed by atoms with Gasteiger partial charge in [0.25, 0.3) is 0 Å². The van der Waals surface area contributed by atoms with Gasteiger partial charge < -0.3 is 10.4 Å². The lowest BCUT2D eigenvalue weighted by molar-refractivity contribution is 0.0696. The maximum absolute atomic E-state index is 13.7. The Balaban J connectivity index is 2.75. The third-order valence-corrected chi connectivity index (χ3v) is 2.92. The number of carboxylic acid groups (broad SMARTS) is 1. The molecule has 106 valence electrons. The third kappa shape index (κ3) is 4.50. The first-order chi connectivity index (χ1) is 8.95. The van der Waals surface area contributed by atoms with E-state index in [-0.39, 0.29) is 17.3 Å². The second-order valence-electron chi connectivity index (χ2n) is 4.66. The van der Waals surface area contributed by atoms with E-state index in [1.807, 2.05) is 6.92 Å². The molecule has 2 N–H and O–H groups in total. The van der Waals surface area contributed by atoms with Crippen LogP contribution in [0, 0.1) is 11.6 Å². The Hall–Kier alpha value is -1.65. The van der Waals surface area contributed by atoms with E-state index in [1.54, 1.807) is 0 Å². The van der Waals surface area contributed by atoms with Crippen molar-refractivity contribution in [1.82, 2.24) is 0 Å². The van der Waals surface area contributed by atoms with Gasteiger partial charge in [0.15, 0.2) is 0 Å². The number of hydrogen-bond donors (Lipinski definition) is 2. The van der Waals surface area contributed by atoms with Gasteiger partial charge in [-0.1, -0.05) is 26.2 Å². The molecule has 0 aliphatic carbocycles. The van der Waals surface area contributed by atoms with Gasteiger partial charge in [0, 0.05) is 6.04 Å². The maximum Gasteiger partial charge on any atom is 0.335 e. The number of unbranched alkanes of at least 4 members (excludes halogenated alkanes) is 2. The fraction of sp³-hybridized carbons (Fsp3) is 0.500. The van der Waals surface area contributed by atoms with Crippen molar-refractivity contribution in [2.45, 2.75) is 45.6 Å². The van der Waals surface area contributed by atoms with Gasteiger partial charge in [-0.15, -0.1) is 0 Å². The normalized spacial score (nSPS) is 12.2. The van der Waals surface area contributed by atoms with Gasteiger partial charge in [-0.3, -0.25) is 0 Å². The van der Waals surface area contributed by atoms with Gasteiger partial charge in [0.1, 0.15) is 17.3 Å². The van der Waals surface area contributed by atoms with Crippen LogP contribution in [0.25, 0.3) is 0 Å². The Morgan fingerprint density at radius 2 is 1.89 bits per heavy atom. The summed E-state index contributed by atoms with van der Waals surface area (Å²) in [4.78, 5) is 10.7. The van der Waals surface area contributed by atoms with Crippen molar-refractivity contribution in [3.05, 3.63) is 29.3 Å². The minimum absolute atomic E-state index is 0.0637. The average Bonchev–Trinajstić information content (AvgIpc) is 2.33. The maximum atomic E-state index is 13.7. The Bertz CT molecular complexity index is 426. The first-order valence-corrected chi connectivity index (χ1v) is 6.44. The fourth-order valence-corrected chi connectivity index (χ4v) is 1.85. The first kappa shape index (κ1) is 15.4. The van der Waals surface area contributed by atoms with Crippen LogP contribution in [-0.4, -0.2) is 17.1 Å². The van der Waals surface area contributed by atoms with Crippen LogP contribution in [-0.2, 0) is 0 Å². The van der Waals surface area contributed by atoms with Crippen molar-refractivity contribution in [2.75, 3.05) is 5.32 Å². The summed E-state index contributed by atoms with van der Waals surface area (Å²) in [7, 11) is 0. The van der Waals surface area contributed by atoms with E-state index in [2.05, 4.69) is 12.2 Å². The molecule has 0 spiro atoms. The van der Waals surface area contributed by atoms with Crippen LogP contribution in [0.15, 0.2) is 12.1 Å². The van der Waals surface area contributed by atoms with E-state index >= 15 is 0 Å². The average molecular weight is 271 g/mol. The molecular weight excluding hydrogens is 252 g/mol. The summed E-state index contributed by atoms with van der Waals surface area (Å²) in [6, 6.07) is 1.59. The summed E-state index contributed by atoms with van der Waals surface area (Å²) in [5, 5.41) is 11.5. The number of aromatic carboxylic acids is 1. The van der Waals surface area contributed by atoms with Crippen molar-refractivity contribution in [3.8, 4) is 0 Å². The summed E-state index contributed by atoms with van der Waals surface area (Å²) in [6.45, 7) is 3.93. The van der Waals surface area contributed by atoms with Gasteiger partial charge >= 0.3 is 5.97 Å². The fourth-order valence-electron chi connectivity index (χ4n) is 1.85. The molecular formula is C14H19F2NO2. The molecule has 0 saturated carbocycles. The minimum Gasteiger partial charge on any atom is -0.478 e. The van der Waals surface area contributed by atoms with Crippen molar-refractivity contribution >= 4 is 11.7 Å². The summed E-state index contributed by atoms with van der Waals surface area (Å²) < 4.78 is 27.3. The highest BCUT2D eigenvalue weighted by Gasteiger charge is 2.16. The molecule has 0 heterocycles. The minimum atomic E-state index is -1.35. The standard InChI is InChI=1S/C14H19F2NO2/c1-3-4-5-6-9(2)17-13-11(15)7-10(14(18)19)8-12(13)16/h7-9,17H,3-6H2,1-2H3,(H,18,19). The van der Waals surface area contributed by atoms with Crippen LogP contribution >= 0.6 is 0 Å². The molecule has 0 amide bonds. The SMILES string of the molecule is CCCCCC(C)Nc1c(F)cc(C(=O)O)cc1F. The predicted octanol–water partition coefficient (Wildman–Crippen LogP) is 4.04. The zero-order valence-electron chi connectivity index (χ0n) is 11.2. The lowest BCUT2D eigenvalue weighted by Crippen LogP contribution is -2.17. The Kier molecular flexibility index (Phi) is 5.73. The molecule has 0 aliphatic heterocycles. The van der Waals surface area contributed by atoms with Gasteiger partial charge in [-0.25, -0.2) is 13.6 Å². The van der Waals surface area contributed by atoms with Crippen LogP contribution in [0.4, 0.5) is 14.5 Å². The highest BCUT2D eigenvalue weighted by Crippen LogP contribution is 2.22. The highest BCUT2D eigenvalue weighted by molar-refractivity contribution is 5.88. The number of nitrogens with one attached hydrogen (secondary N) is 1. The second kappa shape index (κ2) is 7.07. The molecule has 0 aromatic heterocycles. The van der Waals surface area contributed by atoms with Crippen LogP contribution in [0.3, 0.4) is 0 Å². The summed E-state index contributed by atoms with van der Waals surface area (Å²) in [6.07, 6.45) is 3.96. The van der Waals surface area contributed by atoms with E-state index in [4.69, 9.17) is 5.11 Å². The van der Waals surface area contributed by atoms with E-state index < -0.39 is 17.6 Å². The van der Waals surface area contributed by atoms with E-state index in [1.165, 1.54) is 0 Å². The lowest BCUT2D eigenvalue weighted by atomic mass is 10.1. The molecule has 0 radical (unpaired) electrons. The molecule has 0 aliphatic rings. The molecule has 1 unspecified atom stereocenters. The largest absolute Gasteiger partial charge is 0.478 e. The van der Waals surface area contributed by atoms with Crippen molar-refractivity contribution in [2.24, 2.45) is 0 Å². The number of hydrogen-bond acceptors (Lipinski definition) is 2. The molecule has 19 heavy (non-hydrogen) atoms. The molecule has 1 atom stereocenters. The molecule has 1 aromatic carbocycles. The number of carboxylic acids is 1. The third-order valence-electron chi connectivity index (χ3n) is 2.92. The molecule has 3 nitrogen and oxygen atoms in total. The molecule has 0 fully saturated rings. The zero-order valence-corrected chi connectivity index (χ0v) is 11.2. The number of benzene rings is 1. The van der Waals surface area contributed by atoms with E-state index in [0.717, 1.165) is 37.8 Å². The van der Waals surface area contributed by atoms with Gasteiger partial charge in [-0.2, -0.15) is 0 Å². The van der Waals surface area contributed by atoms with Gasteiger partial charge in [-0.05, 0) is 25.5 Å². The summed E-state index contributed by atoms with van der Waals surface area (Å²) >= 11 is 0. The van der Waals surface area contributed by atoms with Crippen molar-refractivity contribution in [3.63, 3.8) is 0 Å². The molecule has 0 bridgehead atoms. The molecule has 0 saturated heterocycles. The van der Waals surface area contributed by atoms with E-state index in [9.17, 15) is 13.6 Å². The smallest absolute Gasteiger partial charge is 0.335 e. The van der Waals surface area contributed by atoms with Crippen LogP contribution in [0.5, 0.6) is 0 Å². The van der Waals surface area contributed by atoms with E-state index in [0.29, 0.717) is 0 Å². The predicted molar refractivity (Wildman–Crippen MR) is 70.5 cm³/mol. The Labute approximate surface area is 111 Å². The Morgan fingerprint density at radius 3 is 2.37 bits per heavy atom. The van der Waals surface area contributed by atoms with Gasteiger partial charge in [0.05, 0.1) is 5.56 Å². The number of carbonyl (C=O) groups is 1. The topological polar surface area (TPSA) is 49.3 Å². The van der Waals surface area contributed by atoms with Crippen molar-refractivity contribution in [1.29, 1.82) is 0 Å². The molecule has 1 aromatic rings. The van der Waals surface area contributed by atoms with Crippen LogP contribution in [0.2, 0.25) is 0 Å². The highest BCUT2D eigenvalue weighted by atomic mass is 19.1. The van der Waals surface area contributed by atoms with Crippen molar-refractivity contribution < 1.29 is 18.7 Å². The number of halogens is 2. The van der Waals surface area contributed by atoms with Gasteiger partial charge in [0.2, 0.25) is 0 Å². The lowest BCUT2D eigenvalue weighted by Gasteiger charge is -2.16. The monoisotopic (exact) mass is 271 g/mol. The summed E-state index contributed by atoms with van der Waals surface area (Å²) in [5.41, 5.74) is -0.645. The number of rotatable bonds is 7.